The lowest BCUT2D eigenvalue weighted by Gasteiger charge is -2.20. The van der Waals surface area contributed by atoms with Gasteiger partial charge in [0.05, 0.1) is 30.5 Å². The van der Waals surface area contributed by atoms with E-state index in [1.807, 2.05) is 22.6 Å². The first-order chi connectivity index (χ1) is 14.9. The normalized spacial score (nSPS) is 11.0. The Kier molecular flexibility index (Phi) is 14.6. The first-order valence-electron chi connectivity index (χ1n) is 8.71. The highest BCUT2D eigenvalue weighted by Gasteiger charge is 2.29. The molecule has 0 aliphatic heterocycles. The molecule has 0 saturated heterocycles. The van der Waals surface area contributed by atoms with E-state index in [1.165, 1.54) is 21.0 Å². The second-order valence-corrected chi connectivity index (χ2v) is 9.33. The number of methoxy groups -OCH3 is 1. The van der Waals surface area contributed by atoms with E-state index in [4.69, 9.17) is 14.2 Å². The van der Waals surface area contributed by atoms with Crippen LogP contribution in [-0.2, 0) is 28.6 Å². The van der Waals surface area contributed by atoms with Crippen molar-refractivity contribution in [3.05, 3.63) is 21.8 Å². The predicted octanol–water partition coefficient (Wildman–Crippen LogP) is 2.43. The summed E-state index contributed by atoms with van der Waals surface area (Å²) in [5, 5.41) is 14.8. The number of ether oxygens (including phenoxy) is 3. The molecule has 0 fully saturated rings. The molecule has 0 aromatic heterocycles. The SMILES string of the molecule is COCC(=O)Nc1c(I)c(C(=O)O)c(I)c(C(=O)NCC(COC(C)=O)OC(C)=O)c1I.Cl. The van der Waals surface area contributed by atoms with Crippen molar-refractivity contribution in [3.63, 3.8) is 0 Å². The Bertz CT molecular complexity index is 943. The van der Waals surface area contributed by atoms with Gasteiger partial charge in [-0.2, -0.15) is 0 Å². The van der Waals surface area contributed by atoms with Crippen molar-refractivity contribution in [2.24, 2.45) is 0 Å². The smallest absolute Gasteiger partial charge is 0.337 e. The number of hydrogen-bond donors (Lipinski definition) is 3. The Morgan fingerprint density at radius 1 is 0.970 bits per heavy atom. The van der Waals surface area contributed by atoms with E-state index >= 15 is 0 Å². The quantitative estimate of drug-likeness (QED) is 0.238. The van der Waals surface area contributed by atoms with E-state index in [0.717, 1.165) is 0 Å². The van der Waals surface area contributed by atoms with Crippen LogP contribution in [-0.4, -0.2) is 67.8 Å². The predicted molar refractivity (Wildman–Crippen MR) is 144 cm³/mol. The average Bonchev–Trinajstić information content (AvgIpc) is 2.66. The van der Waals surface area contributed by atoms with Gasteiger partial charge >= 0.3 is 17.9 Å². The van der Waals surface area contributed by atoms with Crippen molar-refractivity contribution < 1.29 is 43.3 Å². The van der Waals surface area contributed by atoms with Crippen LogP contribution in [0.15, 0.2) is 0 Å². The maximum absolute atomic E-state index is 13.0. The number of carbonyl (C=O) groups excluding carboxylic acids is 4. The molecule has 3 N–H and O–H groups in total. The lowest BCUT2D eigenvalue weighted by atomic mass is 10.1. The number of aromatic carboxylic acids is 1. The van der Waals surface area contributed by atoms with Gasteiger partial charge in [-0.05, 0) is 67.8 Å². The first kappa shape index (κ1) is 32.0. The number of rotatable bonds is 10. The summed E-state index contributed by atoms with van der Waals surface area (Å²) in [6, 6.07) is 0. The molecule has 0 aliphatic rings. The number of halogens is 4. The highest BCUT2D eigenvalue weighted by atomic mass is 127. The third-order valence-electron chi connectivity index (χ3n) is 3.59. The van der Waals surface area contributed by atoms with Gasteiger partial charge in [-0.1, -0.05) is 0 Å². The first-order valence-corrected chi connectivity index (χ1v) is 12.0. The largest absolute Gasteiger partial charge is 0.478 e. The van der Waals surface area contributed by atoms with Gasteiger partial charge in [-0.3, -0.25) is 19.2 Å². The summed E-state index contributed by atoms with van der Waals surface area (Å²) in [5.41, 5.74) is 0.0272. The highest BCUT2D eigenvalue weighted by Crippen LogP contribution is 2.35. The van der Waals surface area contributed by atoms with E-state index < -0.39 is 35.8 Å². The molecule has 1 aromatic carbocycles. The van der Waals surface area contributed by atoms with Crippen molar-refractivity contribution in [3.8, 4) is 0 Å². The number of anilines is 1. The lowest BCUT2D eigenvalue weighted by Crippen LogP contribution is -2.38. The molecule has 2 amide bonds. The van der Waals surface area contributed by atoms with Crippen molar-refractivity contribution >= 4 is 116 Å². The minimum atomic E-state index is -1.28. The zero-order valence-electron chi connectivity index (χ0n) is 17.5. The highest BCUT2D eigenvalue weighted by molar-refractivity contribution is 14.1. The zero-order valence-corrected chi connectivity index (χ0v) is 24.7. The third-order valence-corrected chi connectivity index (χ3v) is 6.83. The van der Waals surface area contributed by atoms with Gasteiger partial charge in [0, 0.05) is 24.5 Å². The number of amides is 2. The molecule has 11 nitrogen and oxygen atoms in total. The molecule has 1 rings (SSSR count). The Balaban J connectivity index is 0.0000102. The maximum Gasteiger partial charge on any atom is 0.337 e. The number of carboxylic acid groups (broad SMARTS) is 1. The molecule has 15 heteroatoms. The molecule has 0 heterocycles. The van der Waals surface area contributed by atoms with E-state index in [9.17, 15) is 29.1 Å². The fraction of sp³-hybridized carbons (Fsp3) is 0.389. The molecule has 1 unspecified atom stereocenters. The topological polar surface area (TPSA) is 157 Å². The fourth-order valence-electron chi connectivity index (χ4n) is 2.34. The van der Waals surface area contributed by atoms with Gasteiger partial charge in [0.25, 0.3) is 5.91 Å². The number of carbonyl (C=O) groups is 5. The molecular weight excluding hydrogens is 804 g/mol. The standard InChI is InChI=1S/C18H19I3N2O9.ClH/c1-7(24)31-5-9(32-8(2)25)4-22-17(27)11-13(19)12(18(28)29)15(21)16(14(11)20)23-10(26)6-30-3;/h9H,4-6H2,1-3H3,(H,22,27)(H,23,26)(H,28,29);1H. The van der Waals surface area contributed by atoms with Gasteiger partial charge in [0.1, 0.15) is 13.2 Å². The van der Waals surface area contributed by atoms with Crippen LogP contribution in [0.3, 0.4) is 0 Å². The number of benzene rings is 1. The van der Waals surface area contributed by atoms with Gasteiger partial charge in [-0.25, -0.2) is 4.79 Å². The number of esters is 2. The third kappa shape index (κ3) is 9.65. The summed E-state index contributed by atoms with van der Waals surface area (Å²) in [5.74, 6) is -3.69. The molecule has 0 saturated carbocycles. The van der Waals surface area contributed by atoms with Crippen molar-refractivity contribution in [2.45, 2.75) is 20.0 Å². The van der Waals surface area contributed by atoms with Crippen LogP contribution in [0.4, 0.5) is 5.69 Å². The Labute approximate surface area is 236 Å². The maximum atomic E-state index is 13.0. The van der Waals surface area contributed by atoms with Crippen LogP contribution in [0.1, 0.15) is 34.6 Å². The van der Waals surface area contributed by atoms with E-state index in [1.54, 1.807) is 45.2 Å². The second-order valence-electron chi connectivity index (χ2n) is 6.10. The molecule has 0 bridgehead atoms. The van der Waals surface area contributed by atoms with Crippen LogP contribution >= 0.6 is 80.2 Å². The van der Waals surface area contributed by atoms with E-state index in [2.05, 4.69) is 10.6 Å². The fourth-order valence-corrected chi connectivity index (χ4v) is 6.73. The van der Waals surface area contributed by atoms with E-state index in [-0.39, 0.29) is 56.1 Å². The molecule has 184 valence electrons. The Morgan fingerprint density at radius 2 is 1.55 bits per heavy atom. The Hall–Kier alpha value is -0.990. The van der Waals surface area contributed by atoms with Gasteiger partial charge in [0.2, 0.25) is 5.91 Å². The minimum Gasteiger partial charge on any atom is -0.478 e. The summed E-state index contributed by atoms with van der Waals surface area (Å²) in [7, 11) is 1.33. The molecule has 33 heavy (non-hydrogen) atoms. The molecule has 1 aromatic rings. The zero-order chi connectivity index (χ0) is 24.6. The number of hydrogen-bond acceptors (Lipinski definition) is 8. The second kappa shape index (κ2) is 15.1. The van der Waals surface area contributed by atoms with Gasteiger partial charge in [-0.15, -0.1) is 12.4 Å². The van der Waals surface area contributed by atoms with Crippen LogP contribution in [0.25, 0.3) is 0 Å². The molecule has 1 atom stereocenters. The summed E-state index contributed by atoms with van der Waals surface area (Å²) in [4.78, 5) is 59.2. The van der Waals surface area contributed by atoms with Crippen LogP contribution in [0, 0.1) is 10.7 Å². The number of carboxylic acids is 1. The van der Waals surface area contributed by atoms with Gasteiger partial charge < -0.3 is 30.0 Å². The molecular formula is C18H20ClI3N2O9. The molecule has 0 aliphatic carbocycles. The van der Waals surface area contributed by atoms with Gasteiger partial charge in [0.15, 0.2) is 6.10 Å². The lowest BCUT2D eigenvalue weighted by molar-refractivity contribution is -0.155. The van der Waals surface area contributed by atoms with Crippen molar-refractivity contribution in [1.29, 1.82) is 0 Å². The van der Waals surface area contributed by atoms with Crippen LogP contribution in [0.5, 0.6) is 0 Å². The summed E-state index contributed by atoms with van der Waals surface area (Å²) in [6.07, 6.45) is -0.945. The monoisotopic (exact) mass is 824 g/mol. The summed E-state index contributed by atoms with van der Waals surface area (Å²) < 4.78 is 15.4. The molecule has 0 spiro atoms. The van der Waals surface area contributed by atoms with E-state index in [0.29, 0.717) is 3.57 Å². The van der Waals surface area contributed by atoms with Crippen LogP contribution < -0.4 is 10.6 Å². The molecule has 0 radical (unpaired) electrons. The summed E-state index contributed by atoms with van der Waals surface area (Å²) in [6.45, 7) is 1.63. The average molecular weight is 825 g/mol. The van der Waals surface area contributed by atoms with Crippen LogP contribution in [0.2, 0.25) is 0 Å². The van der Waals surface area contributed by atoms with Crippen molar-refractivity contribution in [1.82, 2.24) is 5.32 Å². The summed E-state index contributed by atoms with van der Waals surface area (Å²) >= 11 is 5.37. The van der Waals surface area contributed by atoms with Crippen molar-refractivity contribution in [2.75, 3.05) is 32.2 Å². The minimum absolute atomic E-state index is 0. The Morgan fingerprint density at radius 3 is 2.03 bits per heavy atom. The number of nitrogens with one attached hydrogen (secondary N) is 2.